The van der Waals surface area contributed by atoms with Gasteiger partial charge in [-0.25, -0.2) is 9.97 Å². The first-order valence-corrected chi connectivity index (χ1v) is 7.26. The van der Waals surface area contributed by atoms with Crippen LogP contribution in [0.25, 0.3) is 0 Å². The third-order valence-electron chi connectivity index (χ3n) is 4.32. The Morgan fingerprint density at radius 3 is 2.74 bits per heavy atom. The Kier molecular flexibility index (Phi) is 3.66. The summed E-state index contributed by atoms with van der Waals surface area (Å²) in [6.45, 7) is 6.43. The van der Waals surface area contributed by atoms with Crippen LogP contribution >= 0.6 is 0 Å². The van der Waals surface area contributed by atoms with E-state index in [9.17, 15) is 0 Å². The van der Waals surface area contributed by atoms with E-state index in [1.165, 1.54) is 6.42 Å². The Morgan fingerprint density at radius 1 is 1.21 bits per heavy atom. The van der Waals surface area contributed by atoms with Gasteiger partial charge in [0, 0.05) is 37.1 Å². The van der Waals surface area contributed by atoms with Crippen LogP contribution < -0.4 is 10.6 Å². The normalized spacial score (nSPS) is 26.0. The lowest BCUT2D eigenvalue weighted by Crippen LogP contribution is -2.46. The van der Waals surface area contributed by atoms with Crippen molar-refractivity contribution in [1.82, 2.24) is 14.9 Å². The molecule has 1 unspecified atom stereocenters. The Bertz CT molecular complexity index is 428. The fraction of sp³-hybridized carbons (Fsp3) is 0.714. The monoisotopic (exact) mass is 261 g/mol. The molecular weight excluding hydrogens is 238 g/mol. The van der Waals surface area contributed by atoms with E-state index in [2.05, 4.69) is 19.8 Å². The summed E-state index contributed by atoms with van der Waals surface area (Å²) in [7, 11) is 0. The highest BCUT2D eigenvalue weighted by atomic mass is 15.3. The van der Waals surface area contributed by atoms with Gasteiger partial charge in [0.25, 0.3) is 0 Å². The van der Waals surface area contributed by atoms with Crippen molar-refractivity contribution >= 4 is 5.95 Å². The molecule has 19 heavy (non-hydrogen) atoms. The molecule has 3 rings (SSSR count). The van der Waals surface area contributed by atoms with Gasteiger partial charge in [0.1, 0.15) is 0 Å². The van der Waals surface area contributed by atoms with Gasteiger partial charge in [-0.3, -0.25) is 4.90 Å². The van der Waals surface area contributed by atoms with Gasteiger partial charge in [0.2, 0.25) is 5.95 Å². The lowest BCUT2D eigenvalue weighted by atomic mass is 10.0. The Labute approximate surface area is 114 Å². The molecule has 0 saturated carbocycles. The summed E-state index contributed by atoms with van der Waals surface area (Å²) in [4.78, 5) is 13.8. The number of aryl methyl sites for hydroxylation is 1. The van der Waals surface area contributed by atoms with E-state index in [1.54, 1.807) is 0 Å². The molecule has 1 aromatic rings. The van der Waals surface area contributed by atoms with E-state index in [4.69, 9.17) is 5.73 Å². The molecule has 0 aromatic carbocycles. The molecule has 2 N–H and O–H groups in total. The maximum absolute atomic E-state index is 5.97. The zero-order valence-electron chi connectivity index (χ0n) is 11.6. The molecule has 104 valence electrons. The third kappa shape index (κ3) is 2.87. The molecule has 1 aromatic heterocycles. The summed E-state index contributed by atoms with van der Waals surface area (Å²) in [5.41, 5.74) is 7.01. The number of hydrogen-bond acceptors (Lipinski definition) is 5. The smallest absolute Gasteiger partial charge is 0.225 e. The first kappa shape index (κ1) is 12.8. The largest absolute Gasteiger partial charge is 0.339 e. The fourth-order valence-electron chi connectivity index (χ4n) is 3.09. The molecule has 2 fully saturated rings. The van der Waals surface area contributed by atoms with Gasteiger partial charge in [0.15, 0.2) is 0 Å². The molecule has 2 saturated heterocycles. The van der Waals surface area contributed by atoms with Crippen LogP contribution in [0.1, 0.15) is 25.0 Å². The van der Waals surface area contributed by atoms with Crippen molar-refractivity contribution in [3.05, 3.63) is 18.0 Å². The van der Waals surface area contributed by atoms with Gasteiger partial charge >= 0.3 is 0 Å². The molecular formula is C14H23N5. The minimum atomic E-state index is 0.411. The van der Waals surface area contributed by atoms with E-state index in [0.29, 0.717) is 12.1 Å². The van der Waals surface area contributed by atoms with Gasteiger partial charge in [0.05, 0.1) is 0 Å². The molecule has 2 aliphatic heterocycles. The predicted molar refractivity (Wildman–Crippen MR) is 76.2 cm³/mol. The molecule has 0 radical (unpaired) electrons. The number of piperidine rings is 1. The number of aromatic nitrogens is 2. The standard InChI is InChI=1S/C14H23N5/c1-11-2-6-16-14(17-11)19-9-5-13(10-19)18-7-3-12(15)4-8-18/h2,6,12-13H,3-5,7-10,15H2,1H3. The van der Waals surface area contributed by atoms with Crippen molar-refractivity contribution in [2.24, 2.45) is 5.73 Å². The van der Waals surface area contributed by atoms with E-state index in [0.717, 1.165) is 50.7 Å². The zero-order chi connectivity index (χ0) is 13.2. The number of hydrogen-bond donors (Lipinski definition) is 1. The average Bonchev–Trinajstić information content (AvgIpc) is 2.89. The van der Waals surface area contributed by atoms with Crippen molar-refractivity contribution in [3.63, 3.8) is 0 Å². The zero-order valence-corrected chi connectivity index (χ0v) is 11.6. The highest BCUT2D eigenvalue weighted by Crippen LogP contribution is 2.22. The number of nitrogens with two attached hydrogens (primary N) is 1. The molecule has 0 spiro atoms. The van der Waals surface area contributed by atoms with Gasteiger partial charge < -0.3 is 10.6 Å². The van der Waals surface area contributed by atoms with E-state index >= 15 is 0 Å². The summed E-state index contributed by atoms with van der Waals surface area (Å²) in [6, 6.07) is 3.01. The maximum atomic E-state index is 5.97. The van der Waals surface area contributed by atoms with Crippen LogP contribution in [0.2, 0.25) is 0 Å². The minimum absolute atomic E-state index is 0.411. The Balaban J connectivity index is 1.61. The van der Waals surface area contributed by atoms with Crippen molar-refractivity contribution in [2.45, 2.75) is 38.3 Å². The molecule has 5 heteroatoms. The summed E-state index contributed by atoms with van der Waals surface area (Å²) in [5.74, 6) is 0.885. The molecule has 0 bridgehead atoms. The summed E-state index contributed by atoms with van der Waals surface area (Å²) < 4.78 is 0. The van der Waals surface area contributed by atoms with Gasteiger partial charge in [-0.1, -0.05) is 0 Å². The van der Waals surface area contributed by atoms with E-state index in [-0.39, 0.29) is 0 Å². The maximum Gasteiger partial charge on any atom is 0.225 e. The average molecular weight is 261 g/mol. The SMILES string of the molecule is Cc1ccnc(N2CCC(N3CCC(N)CC3)C2)n1. The topological polar surface area (TPSA) is 58.3 Å². The number of anilines is 1. The van der Waals surface area contributed by atoms with Crippen LogP contribution in [0.15, 0.2) is 12.3 Å². The highest BCUT2D eigenvalue weighted by molar-refractivity contribution is 5.32. The van der Waals surface area contributed by atoms with Gasteiger partial charge in [-0.2, -0.15) is 0 Å². The van der Waals surface area contributed by atoms with Crippen molar-refractivity contribution in [3.8, 4) is 0 Å². The van der Waals surface area contributed by atoms with Crippen LogP contribution in [0.3, 0.4) is 0 Å². The highest BCUT2D eigenvalue weighted by Gasteiger charge is 2.30. The summed E-state index contributed by atoms with van der Waals surface area (Å²) in [6.07, 6.45) is 5.34. The minimum Gasteiger partial charge on any atom is -0.339 e. The van der Waals surface area contributed by atoms with Crippen LogP contribution in [0, 0.1) is 6.92 Å². The second-order valence-corrected chi connectivity index (χ2v) is 5.76. The Morgan fingerprint density at radius 2 is 2.00 bits per heavy atom. The van der Waals surface area contributed by atoms with Crippen LogP contribution in [-0.2, 0) is 0 Å². The van der Waals surface area contributed by atoms with E-state index < -0.39 is 0 Å². The summed E-state index contributed by atoms with van der Waals surface area (Å²) >= 11 is 0. The molecule has 3 heterocycles. The van der Waals surface area contributed by atoms with Crippen molar-refractivity contribution < 1.29 is 0 Å². The van der Waals surface area contributed by atoms with Crippen LogP contribution in [0.4, 0.5) is 5.95 Å². The molecule has 1 atom stereocenters. The number of nitrogens with zero attached hydrogens (tertiary/aromatic N) is 4. The van der Waals surface area contributed by atoms with E-state index in [1.807, 2.05) is 19.2 Å². The molecule has 2 aliphatic rings. The second-order valence-electron chi connectivity index (χ2n) is 5.76. The fourth-order valence-corrected chi connectivity index (χ4v) is 3.09. The van der Waals surface area contributed by atoms with Crippen molar-refractivity contribution in [2.75, 3.05) is 31.1 Å². The number of rotatable bonds is 2. The Hall–Kier alpha value is -1.20. The lowest BCUT2D eigenvalue weighted by Gasteiger charge is -2.34. The second kappa shape index (κ2) is 5.43. The van der Waals surface area contributed by atoms with Gasteiger partial charge in [-0.15, -0.1) is 0 Å². The molecule has 0 amide bonds. The quantitative estimate of drug-likeness (QED) is 0.853. The van der Waals surface area contributed by atoms with Crippen LogP contribution in [0.5, 0.6) is 0 Å². The van der Waals surface area contributed by atoms with Crippen LogP contribution in [-0.4, -0.2) is 53.1 Å². The number of likely N-dealkylation sites (tertiary alicyclic amines) is 1. The molecule has 0 aliphatic carbocycles. The predicted octanol–water partition coefficient (Wildman–Crippen LogP) is 0.787. The lowest BCUT2D eigenvalue weighted by molar-refractivity contribution is 0.163. The first-order chi connectivity index (χ1) is 9.22. The van der Waals surface area contributed by atoms with Gasteiger partial charge in [-0.05, 0) is 45.3 Å². The molecule has 5 nitrogen and oxygen atoms in total. The third-order valence-corrected chi connectivity index (χ3v) is 4.32. The summed E-state index contributed by atoms with van der Waals surface area (Å²) in [5, 5.41) is 0. The van der Waals surface area contributed by atoms with Crippen molar-refractivity contribution in [1.29, 1.82) is 0 Å². The first-order valence-electron chi connectivity index (χ1n) is 7.26.